The van der Waals surface area contributed by atoms with E-state index in [0.29, 0.717) is 18.3 Å². The summed E-state index contributed by atoms with van der Waals surface area (Å²) in [5.41, 5.74) is 12.1. The molecule has 1 amide bonds. The summed E-state index contributed by atoms with van der Waals surface area (Å²) in [6.07, 6.45) is 6.55. The van der Waals surface area contributed by atoms with Gasteiger partial charge in [-0.05, 0) is 69.0 Å². The van der Waals surface area contributed by atoms with Crippen LogP contribution in [0, 0.1) is 0 Å². The molecule has 172 valence electrons. The standard InChI is InChI=1S/C27H31N3O3/c1-4-18(5-2)17-33-27(31)29-20-12-10-19(11-13-20)26-25(28)23-16-22(32-6-3)14-15-24(23)30(26)21-8-7-9-21/h4-5,10-16,21H,1,6-9,17,28H2,2-3H3,(H,29,31)/b18-5+. The number of amides is 1. The summed E-state index contributed by atoms with van der Waals surface area (Å²) < 4.78 is 13.3. The van der Waals surface area contributed by atoms with Crippen LogP contribution in [-0.4, -0.2) is 23.9 Å². The first kappa shape index (κ1) is 22.5. The van der Waals surface area contributed by atoms with Crippen molar-refractivity contribution in [1.82, 2.24) is 4.57 Å². The van der Waals surface area contributed by atoms with Gasteiger partial charge in [-0.1, -0.05) is 30.9 Å². The Kier molecular flexibility index (Phi) is 6.73. The molecule has 4 rings (SSSR count). The topological polar surface area (TPSA) is 78.5 Å². The third-order valence-electron chi connectivity index (χ3n) is 6.17. The van der Waals surface area contributed by atoms with Crippen LogP contribution in [0.2, 0.25) is 0 Å². The molecule has 0 saturated heterocycles. The lowest BCUT2D eigenvalue weighted by Gasteiger charge is -2.30. The first-order chi connectivity index (χ1) is 16.0. The van der Waals surface area contributed by atoms with Crippen molar-refractivity contribution in [1.29, 1.82) is 0 Å². The minimum absolute atomic E-state index is 0.186. The fourth-order valence-corrected chi connectivity index (χ4v) is 4.17. The van der Waals surface area contributed by atoms with Gasteiger partial charge in [0.15, 0.2) is 0 Å². The van der Waals surface area contributed by atoms with Gasteiger partial charge >= 0.3 is 6.09 Å². The second kappa shape index (κ2) is 9.86. The number of nitrogens with zero attached hydrogens (tertiary/aromatic N) is 1. The second-order valence-corrected chi connectivity index (χ2v) is 8.18. The molecule has 0 unspecified atom stereocenters. The highest BCUT2D eigenvalue weighted by Gasteiger charge is 2.27. The largest absolute Gasteiger partial charge is 0.494 e. The molecule has 3 aromatic rings. The van der Waals surface area contributed by atoms with Crippen LogP contribution in [0.25, 0.3) is 22.2 Å². The molecule has 3 N–H and O–H groups in total. The molecule has 33 heavy (non-hydrogen) atoms. The predicted molar refractivity (Wildman–Crippen MR) is 135 cm³/mol. The number of carbonyl (C=O) groups is 1. The molecule has 6 nitrogen and oxygen atoms in total. The van der Waals surface area contributed by atoms with Gasteiger partial charge < -0.3 is 19.8 Å². The molecular formula is C27H31N3O3. The van der Waals surface area contributed by atoms with Crippen LogP contribution in [-0.2, 0) is 4.74 Å². The van der Waals surface area contributed by atoms with Crippen molar-refractivity contribution in [2.75, 3.05) is 24.3 Å². The summed E-state index contributed by atoms with van der Waals surface area (Å²) in [6, 6.07) is 14.3. The highest BCUT2D eigenvalue weighted by Crippen LogP contribution is 2.44. The van der Waals surface area contributed by atoms with E-state index in [1.54, 1.807) is 6.08 Å². The highest BCUT2D eigenvalue weighted by atomic mass is 16.5. The van der Waals surface area contributed by atoms with Gasteiger partial charge in [-0.3, -0.25) is 5.32 Å². The third kappa shape index (κ3) is 4.60. The van der Waals surface area contributed by atoms with Gasteiger partial charge in [-0.2, -0.15) is 0 Å². The molecule has 0 spiro atoms. The lowest BCUT2D eigenvalue weighted by atomic mass is 9.92. The number of ether oxygens (including phenoxy) is 2. The maximum absolute atomic E-state index is 12.1. The number of anilines is 2. The van der Waals surface area contributed by atoms with E-state index < -0.39 is 6.09 Å². The van der Waals surface area contributed by atoms with Crippen LogP contribution in [0.5, 0.6) is 5.75 Å². The van der Waals surface area contributed by atoms with Gasteiger partial charge in [-0.15, -0.1) is 0 Å². The van der Waals surface area contributed by atoms with Gasteiger partial charge in [0.25, 0.3) is 0 Å². The number of nitrogens with two attached hydrogens (primary N) is 1. The van der Waals surface area contributed by atoms with E-state index in [1.807, 2.05) is 56.3 Å². The van der Waals surface area contributed by atoms with Gasteiger partial charge in [0.05, 0.1) is 23.5 Å². The van der Waals surface area contributed by atoms with Crippen LogP contribution in [0.15, 0.2) is 66.8 Å². The summed E-state index contributed by atoms with van der Waals surface area (Å²) in [5.74, 6) is 0.824. The number of allylic oxidation sites excluding steroid dienone is 1. The van der Waals surface area contributed by atoms with Crippen LogP contribution >= 0.6 is 0 Å². The third-order valence-corrected chi connectivity index (χ3v) is 6.17. The monoisotopic (exact) mass is 445 g/mol. The fraction of sp³-hybridized carbons (Fsp3) is 0.296. The minimum atomic E-state index is -0.504. The Balaban J connectivity index is 1.61. The SMILES string of the molecule is C=C/C(=C\C)COC(=O)Nc1ccc(-c2c(N)c3cc(OCC)ccc3n2C2CCC2)cc1. The summed E-state index contributed by atoms with van der Waals surface area (Å²) >= 11 is 0. The van der Waals surface area contributed by atoms with Gasteiger partial charge in [0.1, 0.15) is 12.4 Å². The number of carbonyl (C=O) groups excluding carboxylic acids is 1. The number of aromatic nitrogens is 1. The van der Waals surface area contributed by atoms with Crippen molar-refractivity contribution in [2.24, 2.45) is 0 Å². The number of nitrogen functional groups attached to an aromatic ring is 1. The Morgan fingerprint density at radius 3 is 2.61 bits per heavy atom. The average Bonchev–Trinajstić information content (AvgIpc) is 3.06. The van der Waals surface area contributed by atoms with E-state index in [2.05, 4.69) is 22.5 Å². The summed E-state index contributed by atoms with van der Waals surface area (Å²) in [7, 11) is 0. The molecule has 1 fully saturated rings. The molecule has 1 saturated carbocycles. The van der Waals surface area contributed by atoms with Gasteiger partial charge in [-0.25, -0.2) is 4.79 Å². The number of benzene rings is 2. The molecular weight excluding hydrogens is 414 g/mol. The molecule has 0 atom stereocenters. The maximum Gasteiger partial charge on any atom is 0.411 e. The smallest absolute Gasteiger partial charge is 0.411 e. The molecule has 0 aliphatic heterocycles. The molecule has 1 aliphatic rings. The quantitative estimate of drug-likeness (QED) is 0.378. The number of hydrogen-bond acceptors (Lipinski definition) is 4. The van der Waals surface area contributed by atoms with E-state index in [9.17, 15) is 4.79 Å². The Morgan fingerprint density at radius 1 is 1.24 bits per heavy atom. The highest BCUT2D eigenvalue weighted by molar-refractivity contribution is 6.02. The molecule has 1 aliphatic carbocycles. The lowest BCUT2D eigenvalue weighted by molar-refractivity contribution is 0.172. The summed E-state index contributed by atoms with van der Waals surface area (Å²) in [4.78, 5) is 12.1. The zero-order valence-electron chi connectivity index (χ0n) is 19.3. The van der Waals surface area contributed by atoms with Crippen LogP contribution in [0.1, 0.15) is 39.2 Å². The number of hydrogen-bond donors (Lipinski definition) is 2. The van der Waals surface area contributed by atoms with E-state index in [4.69, 9.17) is 15.2 Å². The molecule has 6 heteroatoms. The van der Waals surface area contributed by atoms with Crippen molar-refractivity contribution in [2.45, 2.75) is 39.2 Å². The lowest BCUT2D eigenvalue weighted by Crippen LogP contribution is -2.18. The van der Waals surface area contributed by atoms with E-state index in [1.165, 1.54) is 6.42 Å². The molecule has 1 aromatic heterocycles. The predicted octanol–water partition coefficient (Wildman–Crippen LogP) is 6.70. The van der Waals surface area contributed by atoms with Crippen molar-refractivity contribution >= 4 is 28.4 Å². The van der Waals surface area contributed by atoms with Crippen LogP contribution in [0.4, 0.5) is 16.2 Å². The Bertz CT molecular complexity index is 1190. The Morgan fingerprint density at radius 2 is 2.00 bits per heavy atom. The van der Waals surface area contributed by atoms with Crippen LogP contribution in [0.3, 0.4) is 0 Å². The Labute approximate surface area is 194 Å². The number of rotatable bonds is 8. The number of fused-ring (bicyclic) bond motifs is 1. The minimum Gasteiger partial charge on any atom is -0.494 e. The molecule has 2 aromatic carbocycles. The van der Waals surface area contributed by atoms with E-state index in [0.717, 1.165) is 52.0 Å². The Hall–Kier alpha value is -3.67. The normalized spacial score (nSPS) is 14.1. The van der Waals surface area contributed by atoms with E-state index in [-0.39, 0.29) is 6.61 Å². The average molecular weight is 446 g/mol. The summed E-state index contributed by atoms with van der Waals surface area (Å²) in [6.45, 7) is 8.35. The first-order valence-corrected chi connectivity index (χ1v) is 11.4. The first-order valence-electron chi connectivity index (χ1n) is 11.4. The van der Waals surface area contributed by atoms with Gasteiger partial charge in [0.2, 0.25) is 0 Å². The molecule has 1 heterocycles. The van der Waals surface area contributed by atoms with Crippen molar-refractivity contribution in [3.63, 3.8) is 0 Å². The molecule has 0 bridgehead atoms. The van der Waals surface area contributed by atoms with Crippen molar-refractivity contribution in [3.05, 3.63) is 66.8 Å². The summed E-state index contributed by atoms with van der Waals surface area (Å²) in [5, 5.41) is 3.78. The van der Waals surface area contributed by atoms with Gasteiger partial charge in [0, 0.05) is 22.7 Å². The zero-order valence-corrected chi connectivity index (χ0v) is 19.3. The van der Waals surface area contributed by atoms with Crippen molar-refractivity contribution in [3.8, 4) is 17.0 Å². The fourth-order valence-electron chi connectivity index (χ4n) is 4.17. The second-order valence-electron chi connectivity index (χ2n) is 8.18. The van der Waals surface area contributed by atoms with Crippen LogP contribution < -0.4 is 15.8 Å². The molecule has 0 radical (unpaired) electrons. The van der Waals surface area contributed by atoms with E-state index >= 15 is 0 Å². The zero-order chi connectivity index (χ0) is 23.4. The number of nitrogens with one attached hydrogen (secondary N) is 1. The maximum atomic E-state index is 12.1. The van der Waals surface area contributed by atoms with Crippen molar-refractivity contribution < 1.29 is 14.3 Å².